The first-order valence-electron chi connectivity index (χ1n) is 6.78. The highest BCUT2D eigenvalue weighted by Crippen LogP contribution is 2.23. The molecule has 0 fully saturated rings. The minimum absolute atomic E-state index is 0.503. The molecule has 2 rings (SSSR count). The minimum Gasteiger partial charge on any atom is -0.489 e. The third-order valence-electron chi connectivity index (χ3n) is 3.14. The van der Waals surface area contributed by atoms with E-state index in [1.165, 1.54) is 0 Å². The Bertz CT molecular complexity index is 578. The van der Waals surface area contributed by atoms with Gasteiger partial charge in [-0.3, -0.25) is 0 Å². The zero-order chi connectivity index (χ0) is 14.5. The number of hydrogen-bond donors (Lipinski definition) is 1. The van der Waals surface area contributed by atoms with Gasteiger partial charge in [0, 0.05) is 10.6 Å². The van der Waals surface area contributed by atoms with Crippen LogP contribution in [0.2, 0.25) is 5.02 Å². The zero-order valence-electron chi connectivity index (χ0n) is 12.1. The Labute approximate surface area is 124 Å². The molecular formula is C16H20ClNO2. The third kappa shape index (κ3) is 3.78. The summed E-state index contributed by atoms with van der Waals surface area (Å²) in [6.07, 6.45) is 0. The van der Waals surface area contributed by atoms with Gasteiger partial charge in [-0.15, -0.1) is 0 Å². The van der Waals surface area contributed by atoms with Crippen molar-refractivity contribution < 1.29 is 9.15 Å². The van der Waals surface area contributed by atoms with Gasteiger partial charge in [0.1, 0.15) is 23.9 Å². The van der Waals surface area contributed by atoms with Crippen LogP contribution in [0, 0.1) is 13.8 Å². The van der Waals surface area contributed by atoms with Crippen molar-refractivity contribution in [3.8, 4) is 5.75 Å². The molecule has 0 atom stereocenters. The van der Waals surface area contributed by atoms with E-state index in [1.54, 1.807) is 0 Å². The molecule has 0 amide bonds. The molecule has 1 aromatic heterocycles. The molecule has 0 saturated carbocycles. The fraction of sp³-hybridized carbons (Fsp3) is 0.375. The van der Waals surface area contributed by atoms with Gasteiger partial charge in [0.2, 0.25) is 0 Å². The molecule has 0 bridgehead atoms. The predicted molar refractivity (Wildman–Crippen MR) is 81.3 cm³/mol. The molecule has 1 heterocycles. The van der Waals surface area contributed by atoms with E-state index in [-0.39, 0.29) is 0 Å². The smallest absolute Gasteiger partial charge is 0.120 e. The van der Waals surface area contributed by atoms with Gasteiger partial charge in [0.15, 0.2) is 0 Å². The highest BCUT2D eigenvalue weighted by Gasteiger charge is 2.08. The van der Waals surface area contributed by atoms with E-state index < -0.39 is 0 Å². The SMILES string of the molecule is CCNCc1cc(COc2ccc(Cl)c(C)c2)c(C)o1. The van der Waals surface area contributed by atoms with Crippen molar-refractivity contribution in [2.45, 2.75) is 33.9 Å². The van der Waals surface area contributed by atoms with Crippen LogP contribution >= 0.6 is 11.6 Å². The summed E-state index contributed by atoms with van der Waals surface area (Å²) in [5, 5.41) is 4.00. The van der Waals surface area contributed by atoms with Crippen LogP contribution in [0.15, 0.2) is 28.7 Å². The summed E-state index contributed by atoms with van der Waals surface area (Å²) in [5.41, 5.74) is 2.09. The van der Waals surface area contributed by atoms with Gasteiger partial charge < -0.3 is 14.5 Å². The molecule has 0 aliphatic rings. The number of furan rings is 1. The Morgan fingerprint density at radius 1 is 1.25 bits per heavy atom. The largest absolute Gasteiger partial charge is 0.489 e. The van der Waals surface area contributed by atoms with Crippen LogP contribution in [0.1, 0.15) is 29.6 Å². The molecule has 0 saturated heterocycles. The van der Waals surface area contributed by atoms with Gasteiger partial charge in [-0.05, 0) is 50.2 Å². The summed E-state index contributed by atoms with van der Waals surface area (Å²) in [7, 11) is 0. The highest BCUT2D eigenvalue weighted by atomic mass is 35.5. The van der Waals surface area contributed by atoms with Crippen LogP contribution < -0.4 is 10.1 Å². The lowest BCUT2D eigenvalue weighted by Gasteiger charge is -2.06. The number of benzene rings is 1. The average molecular weight is 294 g/mol. The zero-order valence-corrected chi connectivity index (χ0v) is 12.9. The van der Waals surface area contributed by atoms with E-state index in [1.807, 2.05) is 38.1 Å². The van der Waals surface area contributed by atoms with Crippen molar-refractivity contribution >= 4 is 11.6 Å². The van der Waals surface area contributed by atoms with Gasteiger partial charge in [-0.2, -0.15) is 0 Å². The van der Waals surface area contributed by atoms with Crippen LogP contribution in [-0.4, -0.2) is 6.54 Å². The Kier molecular flexibility index (Phi) is 5.10. The van der Waals surface area contributed by atoms with Crippen LogP contribution in [0.3, 0.4) is 0 Å². The van der Waals surface area contributed by atoms with Gasteiger partial charge in [-0.25, -0.2) is 0 Å². The first kappa shape index (κ1) is 14.9. The molecule has 108 valence electrons. The van der Waals surface area contributed by atoms with Gasteiger partial charge in [0.05, 0.1) is 6.54 Å². The second kappa shape index (κ2) is 6.82. The van der Waals surface area contributed by atoms with Gasteiger partial charge in [0.25, 0.3) is 0 Å². The molecule has 20 heavy (non-hydrogen) atoms. The maximum atomic E-state index is 6.00. The number of ether oxygens (including phenoxy) is 1. The third-order valence-corrected chi connectivity index (χ3v) is 3.57. The summed E-state index contributed by atoms with van der Waals surface area (Å²) in [4.78, 5) is 0. The van der Waals surface area contributed by atoms with E-state index in [9.17, 15) is 0 Å². The van der Waals surface area contributed by atoms with Crippen LogP contribution in [-0.2, 0) is 13.2 Å². The molecule has 2 aromatic rings. The summed E-state index contributed by atoms with van der Waals surface area (Å²) < 4.78 is 11.5. The lowest BCUT2D eigenvalue weighted by atomic mass is 10.2. The second-order valence-corrected chi connectivity index (χ2v) is 5.18. The standard InChI is InChI=1S/C16H20ClNO2/c1-4-18-9-15-8-13(12(3)20-15)10-19-14-5-6-16(17)11(2)7-14/h5-8,18H,4,9-10H2,1-3H3. The molecule has 4 heteroatoms. The molecule has 1 N–H and O–H groups in total. The Hall–Kier alpha value is -1.45. The van der Waals surface area contributed by atoms with Crippen molar-refractivity contribution in [2.75, 3.05) is 6.54 Å². The molecular weight excluding hydrogens is 274 g/mol. The molecule has 1 aromatic carbocycles. The fourth-order valence-electron chi connectivity index (χ4n) is 1.93. The number of halogens is 1. The van der Waals surface area contributed by atoms with Crippen molar-refractivity contribution in [3.05, 3.63) is 51.9 Å². The lowest BCUT2D eigenvalue weighted by molar-refractivity contribution is 0.303. The van der Waals surface area contributed by atoms with Gasteiger partial charge >= 0.3 is 0 Å². The first-order valence-corrected chi connectivity index (χ1v) is 7.15. The summed E-state index contributed by atoms with van der Waals surface area (Å²) in [6.45, 7) is 8.17. The summed E-state index contributed by atoms with van der Waals surface area (Å²) >= 11 is 6.00. The summed E-state index contributed by atoms with van der Waals surface area (Å²) in [5.74, 6) is 2.67. The fourth-order valence-corrected chi connectivity index (χ4v) is 2.05. The van der Waals surface area contributed by atoms with Crippen LogP contribution in [0.4, 0.5) is 0 Å². The molecule has 0 unspecified atom stereocenters. The second-order valence-electron chi connectivity index (χ2n) is 4.77. The van der Waals surface area contributed by atoms with Crippen molar-refractivity contribution in [2.24, 2.45) is 0 Å². The van der Waals surface area contributed by atoms with E-state index in [0.29, 0.717) is 6.61 Å². The normalized spacial score (nSPS) is 10.8. The number of aryl methyl sites for hydroxylation is 2. The molecule has 0 aliphatic carbocycles. The Balaban J connectivity index is 1.99. The minimum atomic E-state index is 0.503. The molecule has 0 spiro atoms. The average Bonchev–Trinajstić information content (AvgIpc) is 2.78. The summed E-state index contributed by atoms with van der Waals surface area (Å²) in [6, 6.07) is 7.72. The van der Waals surface area contributed by atoms with Crippen molar-refractivity contribution in [1.82, 2.24) is 5.32 Å². The van der Waals surface area contributed by atoms with Crippen molar-refractivity contribution in [3.63, 3.8) is 0 Å². The molecule has 3 nitrogen and oxygen atoms in total. The maximum absolute atomic E-state index is 6.00. The van der Waals surface area contributed by atoms with E-state index in [4.69, 9.17) is 20.8 Å². The number of rotatable bonds is 6. The Morgan fingerprint density at radius 3 is 2.75 bits per heavy atom. The maximum Gasteiger partial charge on any atom is 0.120 e. The quantitative estimate of drug-likeness (QED) is 0.865. The topological polar surface area (TPSA) is 34.4 Å². The predicted octanol–water partition coefficient (Wildman–Crippen LogP) is 4.24. The lowest BCUT2D eigenvalue weighted by Crippen LogP contribution is -2.10. The van der Waals surface area contributed by atoms with Crippen molar-refractivity contribution in [1.29, 1.82) is 0 Å². The van der Waals surface area contributed by atoms with Crippen LogP contribution in [0.5, 0.6) is 5.75 Å². The van der Waals surface area contributed by atoms with E-state index >= 15 is 0 Å². The molecule has 0 radical (unpaired) electrons. The number of hydrogen-bond acceptors (Lipinski definition) is 3. The molecule has 0 aliphatic heterocycles. The van der Waals surface area contributed by atoms with E-state index in [0.717, 1.165) is 46.5 Å². The monoisotopic (exact) mass is 293 g/mol. The van der Waals surface area contributed by atoms with Crippen LogP contribution in [0.25, 0.3) is 0 Å². The van der Waals surface area contributed by atoms with Gasteiger partial charge in [-0.1, -0.05) is 18.5 Å². The Morgan fingerprint density at radius 2 is 2.05 bits per heavy atom. The van der Waals surface area contributed by atoms with E-state index in [2.05, 4.69) is 12.2 Å². The first-order chi connectivity index (χ1) is 9.60. The number of nitrogens with one attached hydrogen (secondary N) is 1. The highest BCUT2D eigenvalue weighted by molar-refractivity contribution is 6.31.